The molecule has 0 unspecified atom stereocenters. The van der Waals surface area contributed by atoms with E-state index in [2.05, 4.69) is 4.98 Å². The number of aromatic nitrogens is 1. The molecule has 17 heavy (non-hydrogen) atoms. The minimum atomic E-state index is 0.476. The molecule has 4 heteroatoms. The largest absolute Gasteiger partial charge is 0.487 e. The van der Waals surface area contributed by atoms with Gasteiger partial charge in [0.05, 0.1) is 5.02 Å². The van der Waals surface area contributed by atoms with E-state index in [0.29, 0.717) is 23.9 Å². The fourth-order valence-corrected chi connectivity index (χ4v) is 1.69. The lowest BCUT2D eigenvalue weighted by Gasteiger charge is -2.08. The van der Waals surface area contributed by atoms with Gasteiger partial charge in [-0.3, -0.25) is 4.98 Å². The van der Waals surface area contributed by atoms with Crippen LogP contribution in [0.15, 0.2) is 42.7 Å². The van der Waals surface area contributed by atoms with E-state index in [-0.39, 0.29) is 0 Å². The fraction of sp³-hybridized carbons (Fsp3) is 0.154. The molecule has 0 saturated heterocycles. The first-order valence-corrected chi connectivity index (χ1v) is 5.67. The van der Waals surface area contributed by atoms with Crippen molar-refractivity contribution in [2.45, 2.75) is 13.2 Å². The molecule has 3 nitrogen and oxygen atoms in total. The number of pyridine rings is 1. The van der Waals surface area contributed by atoms with Gasteiger partial charge in [-0.2, -0.15) is 0 Å². The third-order valence-corrected chi connectivity index (χ3v) is 2.67. The van der Waals surface area contributed by atoms with Crippen LogP contribution in [0.25, 0.3) is 0 Å². The van der Waals surface area contributed by atoms with Crippen LogP contribution >= 0.6 is 11.6 Å². The van der Waals surface area contributed by atoms with Gasteiger partial charge in [0.2, 0.25) is 0 Å². The van der Waals surface area contributed by atoms with Crippen molar-refractivity contribution in [2.75, 3.05) is 0 Å². The molecule has 0 saturated carbocycles. The Hall–Kier alpha value is -1.58. The summed E-state index contributed by atoms with van der Waals surface area (Å²) in [6.45, 7) is 0.953. The van der Waals surface area contributed by atoms with E-state index in [0.717, 1.165) is 11.1 Å². The number of hydrogen-bond donors (Lipinski definition) is 1. The third-order valence-electron chi connectivity index (χ3n) is 2.38. The number of halogens is 1. The molecule has 0 atom stereocenters. The first kappa shape index (κ1) is 11.9. The second-order valence-electron chi connectivity index (χ2n) is 3.61. The summed E-state index contributed by atoms with van der Waals surface area (Å²) in [7, 11) is 0. The van der Waals surface area contributed by atoms with E-state index in [1.807, 2.05) is 30.3 Å². The molecule has 88 valence electrons. The SMILES string of the molecule is NCc1ccc(OCc2ccncc2)c(Cl)c1. The van der Waals surface area contributed by atoms with Gasteiger partial charge in [-0.1, -0.05) is 17.7 Å². The molecule has 0 radical (unpaired) electrons. The van der Waals surface area contributed by atoms with E-state index in [1.54, 1.807) is 12.4 Å². The van der Waals surface area contributed by atoms with Gasteiger partial charge in [0.1, 0.15) is 12.4 Å². The number of rotatable bonds is 4. The molecule has 0 aliphatic heterocycles. The number of benzene rings is 1. The standard InChI is InChI=1S/C13H13ClN2O/c14-12-7-11(8-15)1-2-13(12)17-9-10-3-5-16-6-4-10/h1-7H,8-9,15H2. The Morgan fingerprint density at radius 3 is 2.53 bits per heavy atom. The highest BCUT2D eigenvalue weighted by atomic mass is 35.5. The van der Waals surface area contributed by atoms with Crippen LogP contribution in [0.2, 0.25) is 5.02 Å². The topological polar surface area (TPSA) is 48.1 Å². The smallest absolute Gasteiger partial charge is 0.138 e. The number of ether oxygens (including phenoxy) is 1. The van der Waals surface area contributed by atoms with Gasteiger partial charge in [-0.25, -0.2) is 0 Å². The predicted octanol–water partition coefficient (Wildman–Crippen LogP) is 2.77. The number of nitrogens with two attached hydrogens (primary N) is 1. The fourth-order valence-electron chi connectivity index (χ4n) is 1.43. The highest BCUT2D eigenvalue weighted by Crippen LogP contribution is 2.26. The highest BCUT2D eigenvalue weighted by molar-refractivity contribution is 6.32. The average Bonchev–Trinajstić information content (AvgIpc) is 2.38. The quantitative estimate of drug-likeness (QED) is 0.905. The Morgan fingerprint density at radius 1 is 1.12 bits per heavy atom. The van der Waals surface area contributed by atoms with Crippen molar-refractivity contribution in [2.24, 2.45) is 5.73 Å². The molecule has 0 spiro atoms. The predicted molar refractivity (Wildman–Crippen MR) is 67.9 cm³/mol. The maximum Gasteiger partial charge on any atom is 0.138 e. The van der Waals surface area contributed by atoms with Crippen molar-refractivity contribution in [3.63, 3.8) is 0 Å². The Balaban J connectivity index is 2.04. The molecule has 2 N–H and O–H groups in total. The Bertz CT molecular complexity index is 488. The Kier molecular flexibility index (Phi) is 3.96. The molecule has 1 aromatic carbocycles. The summed E-state index contributed by atoms with van der Waals surface area (Å²) >= 11 is 6.08. The first-order chi connectivity index (χ1) is 8.29. The summed E-state index contributed by atoms with van der Waals surface area (Å²) in [5.41, 5.74) is 7.57. The molecule has 0 aliphatic carbocycles. The second kappa shape index (κ2) is 5.66. The lowest BCUT2D eigenvalue weighted by molar-refractivity contribution is 0.306. The lowest BCUT2D eigenvalue weighted by atomic mass is 10.2. The lowest BCUT2D eigenvalue weighted by Crippen LogP contribution is -1.99. The maximum atomic E-state index is 6.08. The summed E-state index contributed by atoms with van der Waals surface area (Å²) in [4.78, 5) is 3.95. The van der Waals surface area contributed by atoms with Crippen LogP contribution in [-0.2, 0) is 13.2 Å². The summed E-state index contributed by atoms with van der Waals surface area (Å²) in [6, 6.07) is 9.38. The second-order valence-corrected chi connectivity index (χ2v) is 4.02. The van der Waals surface area contributed by atoms with Crippen LogP contribution in [0.5, 0.6) is 5.75 Å². The summed E-state index contributed by atoms with van der Waals surface area (Å²) < 4.78 is 5.62. The number of nitrogens with zero attached hydrogens (tertiary/aromatic N) is 1. The van der Waals surface area contributed by atoms with Crippen molar-refractivity contribution < 1.29 is 4.74 Å². The van der Waals surface area contributed by atoms with E-state index in [4.69, 9.17) is 22.1 Å². The van der Waals surface area contributed by atoms with E-state index in [1.165, 1.54) is 0 Å². The normalized spacial score (nSPS) is 10.2. The van der Waals surface area contributed by atoms with Crippen LogP contribution in [0.3, 0.4) is 0 Å². The van der Waals surface area contributed by atoms with E-state index in [9.17, 15) is 0 Å². The van der Waals surface area contributed by atoms with Gasteiger partial charge < -0.3 is 10.5 Å². The molecular formula is C13H13ClN2O. The van der Waals surface area contributed by atoms with Crippen LogP contribution in [0.1, 0.15) is 11.1 Å². The van der Waals surface area contributed by atoms with E-state index < -0.39 is 0 Å². The molecular weight excluding hydrogens is 236 g/mol. The minimum Gasteiger partial charge on any atom is -0.487 e. The maximum absolute atomic E-state index is 6.08. The average molecular weight is 249 g/mol. The number of hydrogen-bond acceptors (Lipinski definition) is 3. The van der Waals surface area contributed by atoms with Crippen LogP contribution in [0, 0.1) is 0 Å². The van der Waals surface area contributed by atoms with Crippen LogP contribution < -0.4 is 10.5 Å². The molecule has 0 bridgehead atoms. The zero-order valence-corrected chi connectivity index (χ0v) is 10.0. The van der Waals surface area contributed by atoms with Gasteiger partial charge in [-0.15, -0.1) is 0 Å². The molecule has 2 aromatic rings. The Morgan fingerprint density at radius 2 is 1.88 bits per heavy atom. The Labute approximate surface area is 105 Å². The zero-order chi connectivity index (χ0) is 12.1. The molecule has 0 amide bonds. The first-order valence-electron chi connectivity index (χ1n) is 5.30. The zero-order valence-electron chi connectivity index (χ0n) is 9.27. The van der Waals surface area contributed by atoms with Gasteiger partial charge >= 0.3 is 0 Å². The monoisotopic (exact) mass is 248 g/mol. The molecule has 0 aliphatic rings. The molecule has 0 fully saturated rings. The molecule has 1 aromatic heterocycles. The third kappa shape index (κ3) is 3.19. The summed E-state index contributed by atoms with van der Waals surface area (Å²) in [6.07, 6.45) is 3.47. The van der Waals surface area contributed by atoms with Gasteiger partial charge in [0, 0.05) is 18.9 Å². The molecule has 1 heterocycles. The summed E-state index contributed by atoms with van der Waals surface area (Å²) in [5, 5.41) is 0.585. The highest BCUT2D eigenvalue weighted by Gasteiger charge is 2.02. The van der Waals surface area contributed by atoms with Gasteiger partial charge in [0.15, 0.2) is 0 Å². The van der Waals surface area contributed by atoms with Gasteiger partial charge in [-0.05, 0) is 35.4 Å². The van der Waals surface area contributed by atoms with Gasteiger partial charge in [0.25, 0.3) is 0 Å². The van der Waals surface area contributed by atoms with Crippen molar-refractivity contribution >= 4 is 11.6 Å². The van der Waals surface area contributed by atoms with Crippen LogP contribution in [-0.4, -0.2) is 4.98 Å². The van der Waals surface area contributed by atoms with Crippen LogP contribution in [0.4, 0.5) is 0 Å². The minimum absolute atomic E-state index is 0.476. The summed E-state index contributed by atoms with van der Waals surface area (Å²) in [5.74, 6) is 0.667. The van der Waals surface area contributed by atoms with Crippen molar-refractivity contribution in [1.82, 2.24) is 4.98 Å². The van der Waals surface area contributed by atoms with Crippen molar-refractivity contribution in [1.29, 1.82) is 0 Å². The van der Waals surface area contributed by atoms with E-state index >= 15 is 0 Å². The van der Waals surface area contributed by atoms with Crippen molar-refractivity contribution in [3.8, 4) is 5.75 Å². The molecule has 2 rings (SSSR count). The van der Waals surface area contributed by atoms with Crippen molar-refractivity contribution in [3.05, 3.63) is 58.9 Å².